The van der Waals surface area contributed by atoms with Crippen LogP contribution in [0.15, 0.2) is 297 Å². The molecule has 0 radical (unpaired) electrons. The summed E-state index contributed by atoms with van der Waals surface area (Å²) in [6.07, 6.45) is -2.75. The van der Waals surface area contributed by atoms with Crippen LogP contribution in [-0.4, -0.2) is 28.8 Å². The molecule has 0 N–H and O–H groups in total. The maximum Gasteiger partial charge on any atom is 0.192 e. The summed E-state index contributed by atoms with van der Waals surface area (Å²) in [5, 5.41) is -0.547. The molecule has 2 aliphatic rings. The topological polar surface area (TPSA) is 111 Å². The summed E-state index contributed by atoms with van der Waals surface area (Å²) in [7, 11) is -5.66. The summed E-state index contributed by atoms with van der Waals surface area (Å²) in [4.78, 5) is 0. The monoisotopic (exact) mass is 1530 g/mol. The molecule has 0 aliphatic carbocycles. The predicted octanol–water partition coefficient (Wildman–Crippen LogP) is 24.0. The van der Waals surface area contributed by atoms with Gasteiger partial charge in [-0.2, -0.15) is 0 Å². The Bertz CT molecular complexity index is 5020. The molecule has 2 heterocycles. The van der Waals surface area contributed by atoms with Gasteiger partial charge in [0.25, 0.3) is 0 Å². The molecular weight excluding hydrogens is 1430 g/mol. The van der Waals surface area contributed by atoms with Gasteiger partial charge < -0.3 is 56.2 Å². The second-order valence-corrected chi connectivity index (χ2v) is 41.6. The molecule has 12 aromatic rings. The van der Waals surface area contributed by atoms with E-state index >= 15 is 0 Å². The van der Waals surface area contributed by atoms with Crippen molar-refractivity contribution in [3.05, 3.63) is 370 Å². The summed E-state index contributed by atoms with van der Waals surface area (Å²) >= 11 is 0. The Morgan fingerprint density at radius 3 is 1.00 bits per heavy atom. The van der Waals surface area contributed by atoms with Gasteiger partial charge in [0.2, 0.25) is 0 Å². The van der Waals surface area contributed by atoms with Crippen molar-refractivity contribution >= 4 is 16.6 Å². The average molecular weight is 1530 g/mol. The van der Waals surface area contributed by atoms with Crippen LogP contribution in [0, 0.1) is 0 Å². The van der Waals surface area contributed by atoms with Gasteiger partial charge in [0.05, 0.1) is 18.1 Å². The molecule has 0 unspecified atom stereocenters. The zero-order valence-corrected chi connectivity index (χ0v) is 67.9. The van der Waals surface area contributed by atoms with Gasteiger partial charge in [-0.3, -0.25) is 0 Å². The molecule has 0 spiro atoms. The number of ether oxygens (including phenoxy) is 10. The van der Waals surface area contributed by atoms with Gasteiger partial charge in [-0.25, -0.2) is 0 Å². The third-order valence-corrected chi connectivity index (χ3v) is 30.9. The fourth-order valence-electron chi connectivity index (χ4n) is 13.7. The summed E-state index contributed by atoms with van der Waals surface area (Å²) in [6, 6.07) is 100. The van der Waals surface area contributed by atoms with Crippen LogP contribution in [0.4, 0.5) is 0 Å². The molecule has 112 heavy (non-hydrogen) atoms. The first-order valence-electron chi connectivity index (χ1n) is 38.9. The van der Waals surface area contributed by atoms with Gasteiger partial charge in [0.15, 0.2) is 39.6 Å². The third-order valence-electron chi connectivity index (χ3n) is 21.9. The van der Waals surface area contributed by atoms with Crippen molar-refractivity contribution in [3.8, 4) is 57.5 Å². The molecule has 12 nitrogen and oxygen atoms in total. The van der Waals surface area contributed by atoms with Crippen molar-refractivity contribution in [1.29, 1.82) is 0 Å². The lowest BCUT2D eigenvalue weighted by molar-refractivity contribution is 0.00852. The lowest BCUT2D eigenvalue weighted by Gasteiger charge is -2.48. The Labute approximate surface area is 663 Å². The SMILES string of the molecule is CC(C)(C)[Si](C)(C)O[C@@H]1[C@H](c2c(OCc3ccccc3)cc(OCc3ccccc3)c3c2O[C@H](c2ccc(OCc4ccccc4)c(OCc4ccccc4)c2)[C@H](O[Si](C)(C)C(C)(C)C)C3)c2c(OCc3ccccc3)cc(OCc3ccccc3)cc2O[C@@H]1c1ccc(OCc2ccccc2)c(OCc2ccccc2)c1. The van der Waals surface area contributed by atoms with E-state index in [-0.39, 0.29) is 49.7 Å². The molecule has 12 aromatic carbocycles. The van der Waals surface area contributed by atoms with Gasteiger partial charge >= 0.3 is 0 Å². The van der Waals surface area contributed by atoms with Crippen molar-refractivity contribution in [2.45, 2.75) is 167 Å². The van der Waals surface area contributed by atoms with Crippen LogP contribution in [-0.2, 0) is 68.1 Å². The van der Waals surface area contributed by atoms with E-state index in [0.717, 1.165) is 61.2 Å². The number of fused-ring (bicyclic) bond motifs is 2. The quantitative estimate of drug-likeness (QED) is 0.0386. The van der Waals surface area contributed by atoms with Crippen LogP contribution in [0.1, 0.15) is 132 Å². The number of hydrogen-bond donors (Lipinski definition) is 0. The standard InChI is InChI=1S/C98H102O12Si2/c1-97(2,3)111(7,8)109-89-59-80-83(102-64-72-41-25-14-26-42-72)60-87(106-68-76-49-33-18-34-50-76)91(95(80)108-93(89)77-51-53-81(100-62-70-37-21-12-22-38-70)84(55-77)103-65-73-43-27-15-28-44-73)92-90-86(105-67-75-47-31-17-32-48-75)57-79(99-61-69-35-19-11-20-36-69)58-88(90)107-94(96(92)110-112(9,10)98(4,5)6)78-52-54-82(101-63-71-39-23-13-24-40-71)85(56-78)104-66-74-45-29-16-30-46-74/h11-58,60,89,92-94,96H,59,61-68H2,1-10H3/t89-,92+,93-,94-,96-/m1/s1. The normalized spacial score (nSPS) is 16.1. The fourth-order valence-corrected chi connectivity index (χ4v) is 16.3. The minimum absolute atomic E-state index is 0.182. The van der Waals surface area contributed by atoms with Crippen LogP contribution in [0.5, 0.6) is 57.5 Å². The van der Waals surface area contributed by atoms with Crippen molar-refractivity contribution in [2.75, 3.05) is 0 Å². The Hall–Kier alpha value is -11.0. The second kappa shape index (κ2) is 35.1. The molecule has 2 aliphatic heterocycles. The molecule has 0 amide bonds. The zero-order chi connectivity index (χ0) is 77.7. The number of benzene rings is 12. The maximum absolute atomic E-state index is 8.38. The Morgan fingerprint density at radius 2 is 0.625 bits per heavy atom. The first-order valence-corrected chi connectivity index (χ1v) is 44.8. The van der Waals surface area contributed by atoms with Crippen molar-refractivity contribution in [1.82, 2.24) is 0 Å². The summed E-state index contributed by atoms with van der Waals surface area (Å²) in [5.74, 6) is 4.66. The van der Waals surface area contributed by atoms with Crippen LogP contribution < -0.4 is 47.4 Å². The van der Waals surface area contributed by atoms with E-state index in [1.807, 2.05) is 170 Å². The third kappa shape index (κ3) is 19.1. The van der Waals surface area contributed by atoms with E-state index in [9.17, 15) is 0 Å². The molecule has 0 aromatic heterocycles. The van der Waals surface area contributed by atoms with Crippen molar-refractivity contribution in [2.24, 2.45) is 0 Å². The molecule has 0 fully saturated rings. The minimum Gasteiger partial charge on any atom is -0.489 e. The fraction of sp³-hybridized carbons (Fsp3) is 0.265. The van der Waals surface area contributed by atoms with Gasteiger partial charge in [-0.15, -0.1) is 0 Å². The van der Waals surface area contributed by atoms with Gasteiger partial charge in [0, 0.05) is 41.3 Å². The average Bonchev–Trinajstić information content (AvgIpc) is 0.715. The molecule has 0 saturated carbocycles. The highest BCUT2D eigenvalue weighted by atomic mass is 28.4. The van der Waals surface area contributed by atoms with Crippen molar-refractivity contribution in [3.63, 3.8) is 0 Å². The van der Waals surface area contributed by atoms with E-state index in [4.69, 9.17) is 56.2 Å². The predicted molar refractivity (Wildman–Crippen MR) is 448 cm³/mol. The first kappa shape index (κ1) is 77.7. The van der Waals surface area contributed by atoms with Gasteiger partial charge in [-0.05, 0) is 116 Å². The Morgan fingerprint density at radius 1 is 0.304 bits per heavy atom. The largest absolute Gasteiger partial charge is 0.489 e. The number of hydrogen-bond acceptors (Lipinski definition) is 12. The molecule has 14 heteroatoms. The lowest BCUT2D eigenvalue weighted by atomic mass is 9.77. The molecule has 0 bridgehead atoms. The van der Waals surface area contributed by atoms with Crippen LogP contribution in [0.3, 0.4) is 0 Å². The van der Waals surface area contributed by atoms with E-state index in [1.165, 1.54) is 0 Å². The maximum atomic E-state index is 8.38. The highest BCUT2D eigenvalue weighted by Crippen LogP contribution is 2.61. The first-order chi connectivity index (χ1) is 54.3. The van der Waals surface area contributed by atoms with Crippen LogP contribution >= 0.6 is 0 Å². The highest BCUT2D eigenvalue weighted by molar-refractivity contribution is 6.74. The van der Waals surface area contributed by atoms with Crippen LogP contribution in [0.25, 0.3) is 0 Å². The summed E-state index contributed by atoms with van der Waals surface area (Å²) < 4.78 is 89.6. The molecule has 5 atom stereocenters. The van der Waals surface area contributed by atoms with E-state index < -0.39 is 47.0 Å². The van der Waals surface area contributed by atoms with E-state index in [2.05, 4.69) is 195 Å². The molecular formula is C98H102O12Si2. The molecule has 0 saturated heterocycles. The summed E-state index contributed by atoms with van der Waals surface area (Å²) in [5.41, 5.74) is 11.8. The number of rotatable bonds is 31. The summed E-state index contributed by atoms with van der Waals surface area (Å²) in [6.45, 7) is 25.0. The smallest absolute Gasteiger partial charge is 0.192 e. The Kier molecular flexibility index (Phi) is 24.4. The Balaban J connectivity index is 1.05. The lowest BCUT2D eigenvalue weighted by Crippen LogP contribution is -2.50. The van der Waals surface area contributed by atoms with Crippen LogP contribution in [0.2, 0.25) is 36.3 Å². The highest BCUT2D eigenvalue weighted by Gasteiger charge is 2.53. The minimum atomic E-state index is -2.98. The van der Waals surface area contributed by atoms with Gasteiger partial charge in [0.1, 0.15) is 99.6 Å². The van der Waals surface area contributed by atoms with Gasteiger partial charge in [-0.1, -0.05) is 296 Å². The zero-order valence-electron chi connectivity index (χ0n) is 65.9. The molecule has 574 valence electrons. The van der Waals surface area contributed by atoms with E-state index in [1.54, 1.807) is 0 Å². The van der Waals surface area contributed by atoms with E-state index in [0.29, 0.717) is 88.3 Å². The van der Waals surface area contributed by atoms with Crippen molar-refractivity contribution < 1.29 is 56.2 Å². The second-order valence-electron chi connectivity index (χ2n) is 32.1. The molecule has 14 rings (SSSR count).